The van der Waals surface area contributed by atoms with E-state index in [1.54, 1.807) is 45.3 Å². The van der Waals surface area contributed by atoms with Crippen LogP contribution in [0, 0.1) is 0 Å². The van der Waals surface area contributed by atoms with Crippen molar-refractivity contribution >= 4 is 12.3 Å². The number of hydrogen-bond donors (Lipinski definition) is 0. The lowest BCUT2D eigenvalue weighted by molar-refractivity contribution is 0.00276. The fourth-order valence-corrected chi connectivity index (χ4v) is 2.17. The van der Waals surface area contributed by atoms with E-state index in [0.29, 0.717) is 17.1 Å². The topological polar surface area (TPSA) is 95.2 Å². The third-order valence-corrected chi connectivity index (χ3v) is 3.37. The normalized spacial score (nSPS) is 11.2. The van der Waals surface area contributed by atoms with Gasteiger partial charge in [0.05, 0.1) is 0 Å². The minimum absolute atomic E-state index is 0.00736. The van der Waals surface area contributed by atoms with Crippen molar-refractivity contribution in [1.29, 1.82) is 0 Å². The minimum atomic E-state index is -0.623. The van der Waals surface area contributed by atoms with Crippen molar-refractivity contribution in [3.8, 4) is 22.6 Å². The number of aromatic nitrogens is 3. The third kappa shape index (κ3) is 4.00. The highest BCUT2D eigenvalue weighted by Gasteiger charge is 2.22. The summed E-state index contributed by atoms with van der Waals surface area (Å²) in [5, 5.41) is 3.82. The lowest BCUT2D eigenvalue weighted by Gasteiger charge is -2.17. The molecule has 0 radical (unpaired) electrons. The van der Waals surface area contributed by atoms with Crippen molar-refractivity contribution < 1.29 is 18.8 Å². The lowest BCUT2D eigenvalue weighted by atomic mass is 10.1. The van der Waals surface area contributed by atoms with Gasteiger partial charge in [0.25, 0.3) is 0 Å². The third-order valence-electron chi connectivity index (χ3n) is 3.37. The van der Waals surface area contributed by atoms with Crippen molar-refractivity contribution in [3.63, 3.8) is 0 Å². The van der Waals surface area contributed by atoms with Gasteiger partial charge in [-0.05, 0) is 26.3 Å². The summed E-state index contributed by atoms with van der Waals surface area (Å²) in [6.07, 6.45) is 4.07. The molecule has 0 saturated heterocycles. The zero-order valence-electron chi connectivity index (χ0n) is 14.6. The predicted molar refractivity (Wildman–Crippen MR) is 93.5 cm³/mol. The van der Waals surface area contributed by atoms with Crippen LogP contribution in [0.15, 0.2) is 47.2 Å². The van der Waals surface area contributed by atoms with Gasteiger partial charge in [0.2, 0.25) is 5.76 Å². The fraction of sp³-hybridized carbons (Fsp3) is 0.211. The Morgan fingerprint density at radius 1 is 1.08 bits per heavy atom. The highest BCUT2D eigenvalue weighted by molar-refractivity contribution is 5.87. The van der Waals surface area contributed by atoms with E-state index in [4.69, 9.17) is 9.26 Å². The van der Waals surface area contributed by atoms with E-state index in [1.165, 1.54) is 6.07 Å². The molecular formula is C19H17N3O4. The van der Waals surface area contributed by atoms with Crippen molar-refractivity contribution in [2.24, 2.45) is 0 Å². The van der Waals surface area contributed by atoms with E-state index in [-0.39, 0.29) is 5.76 Å². The molecule has 2 aromatic heterocycles. The van der Waals surface area contributed by atoms with Gasteiger partial charge in [0.15, 0.2) is 11.5 Å². The van der Waals surface area contributed by atoms with Crippen LogP contribution in [0.1, 0.15) is 41.7 Å². The van der Waals surface area contributed by atoms with Crippen LogP contribution in [0.3, 0.4) is 0 Å². The molecule has 1 aromatic carbocycles. The molecule has 0 aliphatic heterocycles. The summed E-state index contributed by atoms with van der Waals surface area (Å²) in [6, 6.07) is 8.53. The SMILES string of the molecule is CC(C)(C)OC(=O)c1cc(-c2ncc(-c3ccc(C=O)cc3)cn2)no1. The molecule has 7 nitrogen and oxygen atoms in total. The molecule has 3 aromatic rings. The van der Waals surface area contributed by atoms with Gasteiger partial charge in [0, 0.05) is 29.6 Å². The minimum Gasteiger partial charge on any atom is -0.454 e. The molecule has 0 aliphatic carbocycles. The standard InChI is InChI=1S/C19H17N3O4/c1-19(2,3)25-18(24)16-8-15(22-26-16)17-20-9-14(10-21-17)13-6-4-12(11-23)5-7-13/h4-11H,1-3H3. The number of carbonyl (C=O) groups is 2. The zero-order valence-corrected chi connectivity index (χ0v) is 14.6. The Labute approximate surface area is 150 Å². The van der Waals surface area contributed by atoms with Crippen LogP contribution in [0.25, 0.3) is 22.6 Å². The van der Waals surface area contributed by atoms with Crippen LogP contribution < -0.4 is 0 Å². The molecular weight excluding hydrogens is 334 g/mol. The Morgan fingerprint density at radius 3 is 2.31 bits per heavy atom. The quantitative estimate of drug-likeness (QED) is 0.524. The molecule has 0 fully saturated rings. The van der Waals surface area contributed by atoms with Gasteiger partial charge in [-0.1, -0.05) is 29.4 Å². The molecule has 0 N–H and O–H groups in total. The molecule has 3 rings (SSSR count). The molecule has 0 spiro atoms. The second kappa shape index (κ2) is 6.87. The summed E-state index contributed by atoms with van der Waals surface area (Å²) in [5.74, 6) is -0.271. The van der Waals surface area contributed by atoms with E-state index in [2.05, 4.69) is 15.1 Å². The van der Waals surface area contributed by atoms with E-state index >= 15 is 0 Å². The molecule has 26 heavy (non-hydrogen) atoms. The molecule has 0 atom stereocenters. The summed E-state index contributed by atoms with van der Waals surface area (Å²) in [6.45, 7) is 5.31. The highest BCUT2D eigenvalue weighted by Crippen LogP contribution is 2.21. The first kappa shape index (κ1) is 17.5. The Balaban J connectivity index is 1.78. The number of nitrogens with zero attached hydrogens (tertiary/aromatic N) is 3. The molecule has 0 amide bonds. The number of benzene rings is 1. The molecule has 7 heteroatoms. The smallest absolute Gasteiger partial charge is 0.377 e. The molecule has 0 saturated carbocycles. The van der Waals surface area contributed by atoms with Crippen LogP contribution in [-0.4, -0.2) is 33.0 Å². The van der Waals surface area contributed by atoms with E-state index < -0.39 is 11.6 Å². The van der Waals surface area contributed by atoms with Crippen LogP contribution in [0.5, 0.6) is 0 Å². The number of carbonyl (C=O) groups excluding carboxylic acids is 2. The molecule has 132 valence electrons. The van der Waals surface area contributed by atoms with E-state index in [1.807, 2.05) is 12.1 Å². The molecule has 0 unspecified atom stereocenters. The summed E-state index contributed by atoms with van der Waals surface area (Å²) in [7, 11) is 0. The van der Waals surface area contributed by atoms with Crippen molar-refractivity contribution in [3.05, 3.63) is 54.0 Å². The molecule has 0 aliphatic rings. The molecule has 2 heterocycles. The van der Waals surface area contributed by atoms with Crippen LogP contribution in [-0.2, 0) is 4.74 Å². The second-order valence-corrected chi connectivity index (χ2v) is 6.61. The zero-order chi connectivity index (χ0) is 18.7. The Morgan fingerprint density at radius 2 is 1.73 bits per heavy atom. The fourth-order valence-electron chi connectivity index (χ4n) is 2.17. The average Bonchev–Trinajstić information content (AvgIpc) is 3.11. The number of rotatable bonds is 4. The largest absolute Gasteiger partial charge is 0.454 e. The van der Waals surface area contributed by atoms with Gasteiger partial charge in [-0.15, -0.1) is 0 Å². The summed E-state index contributed by atoms with van der Waals surface area (Å²) in [5.41, 5.74) is 2.00. The monoisotopic (exact) mass is 351 g/mol. The number of aldehydes is 1. The first-order valence-corrected chi connectivity index (χ1v) is 7.94. The first-order chi connectivity index (χ1) is 12.4. The van der Waals surface area contributed by atoms with Crippen molar-refractivity contribution in [1.82, 2.24) is 15.1 Å². The maximum atomic E-state index is 12.0. The lowest BCUT2D eigenvalue weighted by Crippen LogP contribution is -2.23. The van der Waals surface area contributed by atoms with Crippen molar-refractivity contribution in [2.45, 2.75) is 26.4 Å². The van der Waals surface area contributed by atoms with Gasteiger partial charge in [-0.3, -0.25) is 4.79 Å². The van der Waals surface area contributed by atoms with Gasteiger partial charge in [-0.25, -0.2) is 14.8 Å². The van der Waals surface area contributed by atoms with Gasteiger partial charge < -0.3 is 9.26 Å². The molecule has 0 bridgehead atoms. The Hall–Kier alpha value is -3.35. The van der Waals surface area contributed by atoms with E-state index in [9.17, 15) is 9.59 Å². The summed E-state index contributed by atoms with van der Waals surface area (Å²) >= 11 is 0. The number of hydrogen-bond acceptors (Lipinski definition) is 7. The Bertz CT molecular complexity index is 923. The van der Waals surface area contributed by atoms with Crippen molar-refractivity contribution in [2.75, 3.05) is 0 Å². The van der Waals surface area contributed by atoms with Crippen LogP contribution in [0.2, 0.25) is 0 Å². The van der Waals surface area contributed by atoms with Gasteiger partial charge >= 0.3 is 5.97 Å². The van der Waals surface area contributed by atoms with Crippen LogP contribution in [0.4, 0.5) is 0 Å². The maximum Gasteiger partial charge on any atom is 0.377 e. The van der Waals surface area contributed by atoms with Gasteiger partial charge in [-0.2, -0.15) is 0 Å². The van der Waals surface area contributed by atoms with Crippen LogP contribution >= 0.6 is 0 Å². The summed E-state index contributed by atoms with van der Waals surface area (Å²) < 4.78 is 10.3. The second-order valence-electron chi connectivity index (χ2n) is 6.61. The number of esters is 1. The maximum absolute atomic E-state index is 12.0. The average molecular weight is 351 g/mol. The summed E-state index contributed by atoms with van der Waals surface area (Å²) in [4.78, 5) is 31.2. The Kier molecular flexibility index (Phi) is 4.62. The first-order valence-electron chi connectivity index (χ1n) is 7.94. The highest BCUT2D eigenvalue weighted by atomic mass is 16.6. The number of ether oxygens (including phenoxy) is 1. The predicted octanol–water partition coefficient (Wildman–Crippen LogP) is 3.57. The van der Waals surface area contributed by atoms with E-state index in [0.717, 1.165) is 17.4 Å². The van der Waals surface area contributed by atoms with Gasteiger partial charge in [0.1, 0.15) is 11.9 Å².